The largest absolute Gasteiger partial charge is 0.355 e. The van der Waals surface area contributed by atoms with Gasteiger partial charge in [-0.1, -0.05) is 206 Å². The van der Waals surface area contributed by atoms with E-state index in [1.54, 1.807) is 0 Å². The van der Waals surface area contributed by atoms with Gasteiger partial charge in [-0.2, -0.15) is 0 Å². The van der Waals surface area contributed by atoms with E-state index < -0.39 is 0 Å². The lowest BCUT2D eigenvalue weighted by atomic mass is 9.93. The molecule has 88 heavy (non-hydrogen) atoms. The first kappa shape index (κ1) is 50.5. The van der Waals surface area contributed by atoms with Gasteiger partial charge in [0.2, 0.25) is 0 Å². The van der Waals surface area contributed by atoms with Crippen molar-refractivity contribution in [1.82, 2.24) is 39.5 Å². The summed E-state index contributed by atoms with van der Waals surface area (Å²) in [6.45, 7) is 0. The zero-order valence-corrected chi connectivity index (χ0v) is 47.5. The molecule has 8 aromatic carbocycles. The van der Waals surface area contributed by atoms with E-state index in [0.717, 1.165) is 173 Å². The highest BCUT2D eigenvalue weighted by Gasteiger charge is 2.26. The molecule has 0 unspecified atom stereocenters. The smallest absolute Gasteiger partial charge is 0.0737 e. The molecule has 6 aromatic heterocycles. The van der Waals surface area contributed by atoms with Crippen LogP contribution in [0.1, 0.15) is 22.8 Å². The third-order valence-corrected chi connectivity index (χ3v) is 17.0. The van der Waals surface area contributed by atoms with Crippen LogP contribution in [-0.4, -0.2) is 39.5 Å². The quantitative estimate of drug-likeness (QED) is 0.163. The molecule has 0 fully saturated rings. The van der Waals surface area contributed by atoms with Gasteiger partial charge in [0.1, 0.15) is 0 Å². The lowest BCUT2D eigenvalue weighted by Gasteiger charge is -2.13. The molecule has 0 saturated heterocycles. The van der Waals surface area contributed by atoms with Gasteiger partial charge in [0, 0.05) is 99.3 Å². The molecule has 0 radical (unpaired) electrons. The van der Waals surface area contributed by atoms with E-state index in [2.05, 4.69) is 317 Å². The summed E-state index contributed by atoms with van der Waals surface area (Å²) in [5.41, 5.74) is 27.9. The standard InChI is InChI=1S/C44H30N4.C36H22N4/c1-5-13-30(14-6-1)41-39-26-25-36(47-39)28-35-22-21-33(45-35)27-34-23-24-37(46-34)29-40-42(31-15-7-2-8-16-31)43(32-17-9-3-10-18-32)44(41)48(40)38-19-11-4-12-20-38;1-2-10-22-21(9-1)29-17-31-23-11-3-4-12-24(23)33(38-31)19-35-27-15-7-8-16-28(27)36(40-35)20-34-26-14-6-5-13-25(26)32(39-34)18-30(22)37-29/h1-29,45H;1-20,37,40H. The highest BCUT2D eigenvalue weighted by molar-refractivity contribution is 6.12. The third kappa shape index (κ3) is 8.86. The van der Waals surface area contributed by atoms with Gasteiger partial charge in [-0.3, -0.25) is 0 Å². The van der Waals surface area contributed by atoms with Crippen LogP contribution in [-0.2, 0) is 0 Å². The van der Waals surface area contributed by atoms with Crippen LogP contribution in [0.25, 0.3) is 174 Å². The normalized spacial score (nSPS) is 12.0. The summed E-state index contributed by atoms with van der Waals surface area (Å²) in [6, 6.07) is 96.1. The molecular formula is C80H52N8. The maximum atomic E-state index is 5.29. The Balaban J connectivity index is 0.000000139. The lowest BCUT2D eigenvalue weighted by Crippen LogP contribution is -1.97. The van der Waals surface area contributed by atoms with Gasteiger partial charge >= 0.3 is 0 Å². The highest BCUT2D eigenvalue weighted by atomic mass is 15.0. The molecule has 0 atom stereocenters. The van der Waals surface area contributed by atoms with Crippen molar-refractivity contribution >= 4 is 90.0 Å². The SMILES string of the molecule is C1=Cc2cc3c(-c4ccccc4)c(-c4ccccc4)c(c(-c4ccccc4)c4nc(cc5ccc(cc1n2)[nH]5)C=C4)n3-c1ccccc1.c1ccc2c(c1)-c1cc3[nH]c(cc4nc(cc5[nH]c(cc-2n1)c1ccccc51)-c1ccccc1-4)c1ccccc31. The van der Waals surface area contributed by atoms with Gasteiger partial charge in [-0.25, -0.2) is 19.9 Å². The van der Waals surface area contributed by atoms with Crippen molar-refractivity contribution in [2.45, 2.75) is 0 Å². The predicted molar refractivity (Wildman–Crippen MR) is 365 cm³/mol. The van der Waals surface area contributed by atoms with Crippen molar-refractivity contribution < 1.29 is 0 Å². The van der Waals surface area contributed by atoms with Crippen LogP contribution in [0.2, 0.25) is 0 Å². The van der Waals surface area contributed by atoms with Gasteiger partial charge in [0.05, 0.1) is 56.6 Å². The number of H-pyrrole nitrogens is 3. The number of hydrogen-bond acceptors (Lipinski definition) is 4. The second-order valence-corrected chi connectivity index (χ2v) is 22.4. The van der Waals surface area contributed by atoms with Gasteiger partial charge in [0.25, 0.3) is 0 Å². The molecule has 18 rings (SSSR count). The second-order valence-electron chi connectivity index (χ2n) is 22.4. The number of aromatic amines is 3. The van der Waals surface area contributed by atoms with E-state index in [1.807, 2.05) is 0 Å². The Kier molecular flexibility index (Phi) is 12.0. The monoisotopic (exact) mass is 1120 g/mol. The topological polar surface area (TPSA) is 104 Å². The van der Waals surface area contributed by atoms with Gasteiger partial charge in [-0.05, 0) is 108 Å². The summed E-state index contributed by atoms with van der Waals surface area (Å²) < 4.78 is 2.41. The number of rotatable bonds is 4. The van der Waals surface area contributed by atoms with E-state index in [1.165, 1.54) is 0 Å². The minimum absolute atomic E-state index is 0.889. The fourth-order valence-electron chi connectivity index (χ4n) is 13.1. The average Bonchev–Trinajstić information content (AvgIpc) is 1.68. The van der Waals surface area contributed by atoms with E-state index >= 15 is 0 Å². The number of nitrogens with zero attached hydrogens (tertiary/aromatic N) is 5. The molecule has 0 spiro atoms. The van der Waals surface area contributed by atoms with Crippen LogP contribution in [0.4, 0.5) is 0 Å². The summed E-state index contributed by atoms with van der Waals surface area (Å²) in [7, 11) is 0. The summed E-state index contributed by atoms with van der Waals surface area (Å²) in [5, 5.41) is 4.66. The molecule has 3 N–H and O–H groups in total. The second kappa shape index (κ2) is 21.0. The van der Waals surface area contributed by atoms with Crippen molar-refractivity contribution in [3.8, 4) is 84.1 Å². The van der Waals surface area contributed by atoms with Gasteiger partial charge < -0.3 is 19.5 Å². The zero-order chi connectivity index (χ0) is 58.1. The Hall–Kier alpha value is -12.0. The highest BCUT2D eigenvalue weighted by Crippen LogP contribution is 2.48. The van der Waals surface area contributed by atoms with Crippen LogP contribution >= 0.6 is 0 Å². The fourth-order valence-corrected chi connectivity index (χ4v) is 13.1. The Labute approximate surface area is 506 Å². The Bertz CT molecular complexity index is 5230. The van der Waals surface area contributed by atoms with Crippen molar-refractivity contribution in [3.63, 3.8) is 0 Å². The van der Waals surface area contributed by atoms with Crippen LogP contribution in [0.5, 0.6) is 0 Å². The summed E-state index contributed by atoms with van der Waals surface area (Å²) in [4.78, 5) is 31.7. The summed E-state index contributed by atoms with van der Waals surface area (Å²) in [5.74, 6) is 0. The molecule has 8 nitrogen and oxygen atoms in total. The molecule has 4 aliphatic heterocycles. The Morgan fingerprint density at radius 3 is 1.09 bits per heavy atom. The number of para-hydroxylation sites is 1. The molecule has 14 aromatic rings. The Morgan fingerprint density at radius 1 is 0.273 bits per heavy atom. The molecule has 412 valence electrons. The van der Waals surface area contributed by atoms with E-state index in [0.29, 0.717) is 0 Å². The molecule has 8 heteroatoms. The fraction of sp³-hybridized carbons (Fsp3) is 0. The molecule has 0 saturated carbocycles. The molecule has 16 bridgehead atoms. The zero-order valence-electron chi connectivity index (χ0n) is 47.5. The van der Waals surface area contributed by atoms with E-state index in [4.69, 9.17) is 19.9 Å². The molecular weight excluding hydrogens is 1070 g/mol. The van der Waals surface area contributed by atoms with Crippen molar-refractivity contribution in [3.05, 3.63) is 296 Å². The molecule has 10 heterocycles. The van der Waals surface area contributed by atoms with E-state index in [-0.39, 0.29) is 0 Å². The van der Waals surface area contributed by atoms with Crippen LogP contribution in [0.3, 0.4) is 0 Å². The minimum Gasteiger partial charge on any atom is -0.355 e. The van der Waals surface area contributed by atoms with Crippen molar-refractivity contribution in [2.75, 3.05) is 0 Å². The van der Waals surface area contributed by atoms with E-state index in [9.17, 15) is 0 Å². The summed E-state index contributed by atoms with van der Waals surface area (Å²) in [6.07, 6.45) is 8.44. The van der Waals surface area contributed by atoms with Crippen LogP contribution in [0, 0.1) is 0 Å². The number of benzene rings is 8. The van der Waals surface area contributed by atoms with Gasteiger partial charge in [-0.15, -0.1) is 0 Å². The minimum atomic E-state index is 0.889. The number of hydrogen-bond donors (Lipinski definition) is 3. The lowest BCUT2D eigenvalue weighted by molar-refractivity contribution is 1.17. The van der Waals surface area contributed by atoms with Gasteiger partial charge in [0.15, 0.2) is 0 Å². The van der Waals surface area contributed by atoms with Crippen molar-refractivity contribution in [1.29, 1.82) is 0 Å². The first-order valence-electron chi connectivity index (χ1n) is 29.7. The van der Waals surface area contributed by atoms with Crippen LogP contribution in [0.15, 0.2) is 273 Å². The number of fused-ring (bicyclic) bond motifs is 28. The van der Waals surface area contributed by atoms with Crippen molar-refractivity contribution in [2.24, 2.45) is 0 Å². The van der Waals surface area contributed by atoms with Crippen LogP contribution < -0.4 is 0 Å². The molecule has 0 amide bonds. The summed E-state index contributed by atoms with van der Waals surface area (Å²) >= 11 is 0. The molecule has 4 aliphatic rings. The third-order valence-electron chi connectivity index (χ3n) is 17.0. The number of aromatic nitrogens is 8. The average molecular weight is 1130 g/mol. The molecule has 0 aliphatic carbocycles. The maximum absolute atomic E-state index is 5.29. The predicted octanol–water partition coefficient (Wildman–Crippen LogP) is 20.4. The Morgan fingerprint density at radius 2 is 0.636 bits per heavy atom. The number of nitrogens with one attached hydrogen (secondary N) is 3. The first-order chi connectivity index (χ1) is 43.6. The first-order valence-corrected chi connectivity index (χ1v) is 29.7. The maximum Gasteiger partial charge on any atom is 0.0737 e.